The lowest BCUT2D eigenvalue weighted by Crippen LogP contribution is -2.71. The van der Waals surface area contributed by atoms with Crippen LogP contribution < -0.4 is 11.1 Å². The summed E-state index contributed by atoms with van der Waals surface area (Å²) < 4.78 is 42.6. The Labute approximate surface area is 201 Å². The number of nitrogen functional groups attached to an aromatic ring is 1. The first-order valence-electron chi connectivity index (χ1n) is 9.73. The summed E-state index contributed by atoms with van der Waals surface area (Å²) >= 11 is 1.54. The molecule has 4 heterocycles. The van der Waals surface area contributed by atoms with Crippen molar-refractivity contribution in [3.63, 3.8) is 0 Å². The molecule has 0 aromatic carbocycles. The Hall–Kier alpha value is -3.60. The average Bonchev–Trinajstić information content (AvgIpc) is 3.22. The van der Waals surface area contributed by atoms with Gasteiger partial charge in [-0.2, -0.15) is 17.5 Å². The van der Waals surface area contributed by atoms with E-state index in [1.54, 1.807) is 0 Å². The Balaban J connectivity index is 1.53. The SMILES string of the molecule is Nc1nc(C(N=O)C(=O)N[C@@H]2C(=O)N3C(C(=O)O)=C(Sc4ccnc(C(F)(F)F)c4)CCC23)ns1. The topological polar surface area (TPSA) is 181 Å². The number of nitrogens with two attached hydrogens (primary N) is 1. The Morgan fingerprint density at radius 3 is 2.74 bits per heavy atom. The molecule has 35 heavy (non-hydrogen) atoms. The van der Waals surface area contributed by atoms with Crippen LogP contribution in [0.4, 0.5) is 18.3 Å². The number of anilines is 1. The number of carboxylic acid groups (broad SMARTS) is 1. The van der Waals surface area contributed by atoms with Crippen LogP contribution in [0.25, 0.3) is 0 Å². The Morgan fingerprint density at radius 2 is 2.14 bits per heavy atom. The van der Waals surface area contributed by atoms with E-state index in [9.17, 15) is 37.6 Å². The third-order valence-corrected chi connectivity index (χ3v) is 6.90. The molecule has 0 radical (unpaired) electrons. The first-order chi connectivity index (χ1) is 16.5. The highest BCUT2D eigenvalue weighted by molar-refractivity contribution is 8.03. The molecule has 2 unspecified atom stereocenters. The van der Waals surface area contributed by atoms with Crippen LogP contribution in [0.1, 0.15) is 30.4 Å². The van der Waals surface area contributed by atoms with Gasteiger partial charge in [-0.15, -0.1) is 4.91 Å². The fraction of sp³-hybridized carbons (Fsp3) is 0.333. The third-order valence-electron chi connectivity index (χ3n) is 5.21. The van der Waals surface area contributed by atoms with Crippen LogP contribution in [0.3, 0.4) is 0 Å². The monoisotopic (exact) mass is 529 g/mol. The molecule has 0 saturated carbocycles. The molecule has 4 N–H and O–H groups in total. The smallest absolute Gasteiger partial charge is 0.433 e. The molecular formula is C18H14F3N7O5S2. The van der Waals surface area contributed by atoms with Gasteiger partial charge in [-0.05, 0) is 30.2 Å². The van der Waals surface area contributed by atoms with Crippen molar-refractivity contribution in [1.82, 2.24) is 24.6 Å². The van der Waals surface area contributed by atoms with E-state index in [2.05, 4.69) is 24.8 Å². The number of β-lactam (4-membered cyclic amide) rings is 1. The van der Waals surface area contributed by atoms with Gasteiger partial charge in [0.05, 0.1) is 6.04 Å². The first kappa shape index (κ1) is 24.5. The highest BCUT2D eigenvalue weighted by atomic mass is 32.2. The lowest BCUT2D eigenvalue weighted by Gasteiger charge is -2.50. The van der Waals surface area contributed by atoms with Gasteiger partial charge < -0.3 is 16.2 Å². The molecular weight excluding hydrogens is 515 g/mol. The molecule has 0 aliphatic carbocycles. The molecule has 4 rings (SSSR count). The van der Waals surface area contributed by atoms with Crippen LogP contribution in [0.2, 0.25) is 0 Å². The number of pyridine rings is 1. The summed E-state index contributed by atoms with van der Waals surface area (Å²) in [5, 5.41) is 14.8. The highest BCUT2D eigenvalue weighted by Gasteiger charge is 2.54. The third kappa shape index (κ3) is 4.68. The van der Waals surface area contributed by atoms with Crippen LogP contribution in [-0.4, -0.2) is 54.2 Å². The Kier molecular flexibility index (Phi) is 6.46. The second-order valence-electron chi connectivity index (χ2n) is 7.35. The molecule has 2 aromatic rings. The maximum atomic E-state index is 13.0. The number of hydrogen-bond donors (Lipinski definition) is 3. The predicted molar refractivity (Wildman–Crippen MR) is 114 cm³/mol. The number of aromatic nitrogens is 3. The number of alkyl halides is 3. The van der Waals surface area contributed by atoms with Gasteiger partial charge >= 0.3 is 12.1 Å². The number of carbonyl (C=O) groups excluding carboxylic acids is 2. The van der Waals surface area contributed by atoms with Gasteiger partial charge in [-0.1, -0.05) is 11.8 Å². The summed E-state index contributed by atoms with van der Waals surface area (Å²) in [7, 11) is 0. The van der Waals surface area contributed by atoms with E-state index in [1.165, 1.54) is 6.07 Å². The molecule has 2 amide bonds. The van der Waals surface area contributed by atoms with E-state index in [-0.39, 0.29) is 39.3 Å². The van der Waals surface area contributed by atoms with Crippen molar-refractivity contribution in [1.29, 1.82) is 0 Å². The molecule has 184 valence electrons. The first-order valence-corrected chi connectivity index (χ1v) is 11.3. The van der Waals surface area contributed by atoms with Gasteiger partial charge in [0, 0.05) is 27.5 Å². The minimum atomic E-state index is -4.68. The quantitative estimate of drug-likeness (QED) is 0.354. The molecule has 3 atom stereocenters. The van der Waals surface area contributed by atoms with E-state index in [0.717, 1.165) is 40.5 Å². The van der Waals surface area contributed by atoms with E-state index in [1.807, 2.05) is 0 Å². The molecule has 12 nitrogen and oxygen atoms in total. The summed E-state index contributed by atoms with van der Waals surface area (Å²) in [5.41, 5.74) is 3.93. The molecule has 2 aromatic heterocycles. The normalized spacial score (nSPS) is 20.7. The molecule has 0 bridgehead atoms. The second kappa shape index (κ2) is 9.21. The number of halogens is 3. The maximum absolute atomic E-state index is 13.0. The Bertz CT molecular complexity index is 1250. The number of nitrogens with one attached hydrogen (secondary N) is 1. The Morgan fingerprint density at radius 1 is 1.40 bits per heavy atom. The molecule has 2 aliphatic rings. The van der Waals surface area contributed by atoms with Gasteiger partial charge in [0.15, 0.2) is 11.0 Å². The number of aliphatic carboxylic acids is 1. The van der Waals surface area contributed by atoms with Crippen molar-refractivity contribution < 1.29 is 32.7 Å². The highest BCUT2D eigenvalue weighted by Crippen LogP contribution is 2.43. The molecule has 0 spiro atoms. The fourth-order valence-corrected chi connectivity index (χ4v) is 5.25. The van der Waals surface area contributed by atoms with Crippen LogP contribution in [-0.2, 0) is 20.6 Å². The number of carboxylic acids is 1. The number of amides is 2. The second-order valence-corrected chi connectivity index (χ2v) is 9.30. The standard InChI is InChI=1S/C18H14F3N7O5S2/c19-18(20,21)9-5-6(3-4-23-9)34-8-2-1-7-10(15(30)28(7)12(8)16(31)32)24-14(29)11(26-33)13-25-17(22)35-27-13/h3-5,7,10-11H,1-2H2,(H,24,29)(H,31,32)(H2,22,25,27)/t7?,10-,11?/m0/s1. The lowest BCUT2D eigenvalue weighted by atomic mass is 9.86. The number of hydrogen-bond acceptors (Lipinski definition) is 11. The number of thioether (sulfide) groups is 1. The van der Waals surface area contributed by atoms with Crippen LogP contribution in [0, 0.1) is 4.91 Å². The number of fused-ring (bicyclic) bond motifs is 1. The zero-order valence-electron chi connectivity index (χ0n) is 17.2. The summed E-state index contributed by atoms with van der Waals surface area (Å²) in [6, 6.07) is -1.42. The van der Waals surface area contributed by atoms with E-state index in [0.29, 0.717) is 0 Å². The summed E-state index contributed by atoms with van der Waals surface area (Å²) in [4.78, 5) is 56.7. The van der Waals surface area contributed by atoms with E-state index >= 15 is 0 Å². The number of rotatable bonds is 7. The van der Waals surface area contributed by atoms with Gasteiger partial charge in [0.25, 0.3) is 11.8 Å². The maximum Gasteiger partial charge on any atom is 0.433 e. The van der Waals surface area contributed by atoms with Crippen molar-refractivity contribution in [3.8, 4) is 0 Å². The zero-order chi connectivity index (χ0) is 25.5. The molecule has 17 heteroatoms. The number of allylic oxidation sites excluding steroid dienone is 1. The van der Waals surface area contributed by atoms with Gasteiger partial charge in [-0.25, -0.2) is 9.78 Å². The van der Waals surface area contributed by atoms with Crippen molar-refractivity contribution in [2.45, 2.75) is 42.0 Å². The van der Waals surface area contributed by atoms with Crippen LogP contribution in [0.15, 0.2) is 39.0 Å². The van der Waals surface area contributed by atoms with Gasteiger partial charge in [0.1, 0.15) is 17.4 Å². The van der Waals surface area contributed by atoms with Crippen molar-refractivity contribution >= 4 is 46.2 Å². The fourth-order valence-electron chi connectivity index (χ4n) is 3.70. The zero-order valence-corrected chi connectivity index (χ0v) is 18.9. The largest absolute Gasteiger partial charge is 0.477 e. The molecule has 1 saturated heterocycles. The predicted octanol–water partition coefficient (Wildman–Crippen LogP) is 1.92. The van der Waals surface area contributed by atoms with Crippen molar-refractivity contribution in [2.75, 3.05) is 5.73 Å². The van der Waals surface area contributed by atoms with Crippen LogP contribution in [0.5, 0.6) is 0 Å². The van der Waals surface area contributed by atoms with Crippen molar-refractivity contribution in [2.24, 2.45) is 5.18 Å². The number of nitroso groups, excluding NO2 is 1. The van der Waals surface area contributed by atoms with Crippen LogP contribution >= 0.6 is 23.3 Å². The van der Waals surface area contributed by atoms with E-state index in [4.69, 9.17) is 5.73 Å². The summed E-state index contributed by atoms with van der Waals surface area (Å²) in [6.45, 7) is 0. The number of nitrogens with zero attached hydrogens (tertiary/aromatic N) is 5. The van der Waals surface area contributed by atoms with Crippen molar-refractivity contribution in [3.05, 3.63) is 45.4 Å². The van der Waals surface area contributed by atoms with Gasteiger partial charge in [-0.3, -0.25) is 19.5 Å². The summed E-state index contributed by atoms with van der Waals surface area (Å²) in [6.07, 6.45) is -3.38. The van der Waals surface area contributed by atoms with E-state index < -0.39 is 47.8 Å². The van der Waals surface area contributed by atoms with Gasteiger partial charge in [0.2, 0.25) is 6.04 Å². The summed E-state index contributed by atoms with van der Waals surface area (Å²) in [5.74, 6) is -3.38. The lowest BCUT2D eigenvalue weighted by molar-refractivity contribution is -0.156. The number of carbonyl (C=O) groups is 3. The molecule has 1 fully saturated rings. The average molecular weight is 529 g/mol. The minimum Gasteiger partial charge on any atom is -0.477 e. The minimum absolute atomic E-state index is 0.0115. The molecule has 2 aliphatic heterocycles.